The molecule has 14 aromatic rings. The van der Waals surface area contributed by atoms with Crippen LogP contribution < -0.4 is 20.7 Å². The van der Waals surface area contributed by atoms with Crippen LogP contribution in [0, 0.1) is 0 Å². The van der Waals surface area contributed by atoms with Gasteiger partial charge in [0.1, 0.15) is 0 Å². The second kappa shape index (κ2) is 19.6. The van der Waals surface area contributed by atoms with E-state index in [1.807, 2.05) is 24.3 Å². The lowest BCUT2D eigenvalue weighted by molar-refractivity contribution is 1.07. The Bertz CT molecular complexity index is 4510. The SMILES string of the molecule is c1ccc(-c2ccc(-c3nc(-c4ccccc4)nc(-c4ccc([Si]5(c6ccc7c(c6)c6ccccc6n7-c6cccc(-c7ccccc7)c6)c6ccc(-c7ccccc7)cc6-c6cc(-c7ccccc7)ccc65)cc4)n3)cc2)cc1. The summed E-state index contributed by atoms with van der Waals surface area (Å²) in [6, 6.07) is 110. The Morgan fingerprint density at radius 1 is 0.237 bits per heavy atom. The summed E-state index contributed by atoms with van der Waals surface area (Å²) in [6.45, 7) is 0. The fourth-order valence-electron chi connectivity index (χ4n) is 12.3. The highest BCUT2D eigenvalue weighted by atomic mass is 28.3. The number of hydrogen-bond donors (Lipinski definition) is 0. The summed E-state index contributed by atoms with van der Waals surface area (Å²) < 4.78 is 2.45. The summed E-state index contributed by atoms with van der Waals surface area (Å²) in [6.07, 6.45) is 0. The second-order valence-corrected chi connectivity index (χ2v) is 24.4. The van der Waals surface area contributed by atoms with Crippen molar-refractivity contribution in [3.8, 4) is 95.5 Å². The minimum absolute atomic E-state index is 0.626. The third-order valence-corrected chi connectivity index (χ3v) is 21.0. The van der Waals surface area contributed by atoms with Gasteiger partial charge in [0.05, 0.1) is 11.0 Å². The molecule has 0 saturated carbocycles. The molecular weight excluding hydrogens is 985 g/mol. The summed E-state index contributed by atoms with van der Waals surface area (Å²) in [4.78, 5) is 15.6. The van der Waals surface area contributed by atoms with Crippen molar-refractivity contribution in [2.24, 2.45) is 0 Å². The van der Waals surface area contributed by atoms with Gasteiger partial charge >= 0.3 is 0 Å². The summed E-state index contributed by atoms with van der Waals surface area (Å²) in [5.74, 6) is 1.89. The van der Waals surface area contributed by atoms with Crippen LogP contribution in [0.2, 0.25) is 0 Å². The normalized spacial score (nSPS) is 12.3. The smallest absolute Gasteiger partial charge is 0.180 e. The van der Waals surface area contributed by atoms with Crippen molar-refractivity contribution in [1.29, 1.82) is 0 Å². The van der Waals surface area contributed by atoms with Gasteiger partial charge in [-0.1, -0.05) is 267 Å². The average Bonchev–Trinajstić information content (AvgIpc) is 4.13. The minimum atomic E-state index is -3.15. The second-order valence-electron chi connectivity index (χ2n) is 20.7. The Labute approximate surface area is 466 Å². The van der Waals surface area contributed by atoms with E-state index in [0.717, 1.165) is 27.9 Å². The van der Waals surface area contributed by atoms with E-state index in [2.05, 4.69) is 284 Å². The quantitative estimate of drug-likeness (QED) is 0.128. The van der Waals surface area contributed by atoms with Crippen molar-refractivity contribution in [1.82, 2.24) is 19.5 Å². The molecule has 0 fully saturated rings. The molecule has 1 aliphatic rings. The first-order chi connectivity index (χ1) is 39.6. The van der Waals surface area contributed by atoms with E-state index in [4.69, 9.17) is 15.0 Å². The first kappa shape index (κ1) is 46.9. The van der Waals surface area contributed by atoms with Gasteiger partial charge in [0.2, 0.25) is 0 Å². The number of hydrogen-bond acceptors (Lipinski definition) is 3. The molecule has 0 spiro atoms. The molecule has 0 radical (unpaired) electrons. The highest BCUT2D eigenvalue weighted by molar-refractivity contribution is 7.22. The number of aromatic nitrogens is 4. The van der Waals surface area contributed by atoms with E-state index in [9.17, 15) is 0 Å². The predicted octanol–water partition coefficient (Wildman–Crippen LogP) is 16.0. The lowest BCUT2D eigenvalue weighted by Crippen LogP contribution is -2.72. The number of rotatable bonds is 10. The van der Waals surface area contributed by atoms with Crippen molar-refractivity contribution in [2.45, 2.75) is 0 Å². The third-order valence-electron chi connectivity index (χ3n) is 16.2. The van der Waals surface area contributed by atoms with Gasteiger partial charge in [-0.3, -0.25) is 0 Å². The fourth-order valence-corrected chi connectivity index (χ4v) is 17.5. The van der Waals surface area contributed by atoms with E-state index in [-0.39, 0.29) is 0 Å². The highest BCUT2D eigenvalue weighted by Crippen LogP contribution is 2.38. The molecule has 0 N–H and O–H groups in total. The standard InChI is InChI=1S/C75H50N4Si/c1-6-19-51(20-7-1)55-33-35-57(36-34-55)74-76-73(56-27-14-5-15-28-56)77-75(78-74)58-37-41-63(42-38-58)80(71-45-39-60(53-23-10-3-11-24-53)48-67(71)68-49-61(40-46-72(68)80)54-25-12-4-13-26-54)64-43-44-70-66(50-64)65-31-16-17-32-69(65)79(70)62-30-18-29-59(47-62)52-21-8-2-9-22-52/h1-50H. The molecule has 2 aromatic heterocycles. The monoisotopic (exact) mass is 1030 g/mol. The lowest BCUT2D eigenvalue weighted by Gasteiger charge is -2.32. The highest BCUT2D eigenvalue weighted by Gasteiger charge is 2.49. The molecule has 5 heteroatoms. The molecule has 1 aliphatic heterocycles. The van der Waals surface area contributed by atoms with Crippen molar-refractivity contribution in [3.63, 3.8) is 0 Å². The lowest BCUT2D eigenvalue weighted by atomic mass is 9.96. The van der Waals surface area contributed by atoms with Crippen LogP contribution >= 0.6 is 0 Å². The van der Waals surface area contributed by atoms with Crippen molar-refractivity contribution in [3.05, 3.63) is 303 Å². The first-order valence-electron chi connectivity index (χ1n) is 27.3. The molecule has 0 amide bonds. The molecule has 374 valence electrons. The number of benzene rings is 12. The third kappa shape index (κ3) is 8.02. The van der Waals surface area contributed by atoms with Gasteiger partial charge in [0.25, 0.3) is 0 Å². The number of para-hydroxylation sites is 1. The van der Waals surface area contributed by atoms with Crippen LogP contribution in [0.15, 0.2) is 303 Å². The molecule has 15 rings (SSSR count). The van der Waals surface area contributed by atoms with Gasteiger partial charge in [-0.25, -0.2) is 15.0 Å². The van der Waals surface area contributed by atoms with Gasteiger partial charge in [0, 0.05) is 33.2 Å². The first-order valence-corrected chi connectivity index (χ1v) is 29.3. The summed E-state index contributed by atoms with van der Waals surface area (Å²) in [7, 11) is -3.15. The summed E-state index contributed by atoms with van der Waals surface area (Å²) >= 11 is 0. The number of nitrogens with zero attached hydrogens (tertiary/aromatic N) is 4. The maximum atomic E-state index is 5.25. The van der Waals surface area contributed by atoms with E-state index >= 15 is 0 Å². The zero-order valence-corrected chi connectivity index (χ0v) is 44.7. The maximum absolute atomic E-state index is 5.25. The van der Waals surface area contributed by atoms with Crippen LogP contribution in [-0.2, 0) is 0 Å². The summed E-state index contributed by atoms with van der Waals surface area (Å²) in [5.41, 5.74) is 18.3. The van der Waals surface area contributed by atoms with Crippen LogP contribution in [0.4, 0.5) is 0 Å². The molecule has 12 aromatic carbocycles. The zero-order chi connectivity index (χ0) is 53.0. The Kier molecular flexibility index (Phi) is 11.5. The minimum Gasteiger partial charge on any atom is -0.309 e. The van der Waals surface area contributed by atoms with Gasteiger partial charge in [-0.15, -0.1) is 0 Å². The number of fused-ring (bicyclic) bond motifs is 6. The molecule has 3 heterocycles. The Morgan fingerprint density at radius 3 is 1.12 bits per heavy atom. The van der Waals surface area contributed by atoms with Crippen LogP contribution in [-0.4, -0.2) is 27.6 Å². The van der Waals surface area contributed by atoms with E-state index in [1.54, 1.807) is 0 Å². The molecular formula is C75H50N4Si. The van der Waals surface area contributed by atoms with Gasteiger partial charge in [0.15, 0.2) is 25.5 Å². The molecule has 0 aliphatic carbocycles. The molecule has 0 bridgehead atoms. The van der Waals surface area contributed by atoms with Crippen molar-refractivity contribution >= 4 is 50.6 Å². The van der Waals surface area contributed by atoms with Crippen molar-refractivity contribution in [2.75, 3.05) is 0 Å². The van der Waals surface area contributed by atoms with Crippen LogP contribution in [0.1, 0.15) is 0 Å². The van der Waals surface area contributed by atoms with E-state index < -0.39 is 8.07 Å². The molecule has 0 atom stereocenters. The molecule has 80 heavy (non-hydrogen) atoms. The van der Waals surface area contributed by atoms with Crippen LogP contribution in [0.5, 0.6) is 0 Å². The fraction of sp³-hybridized carbons (Fsp3) is 0. The van der Waals surface area contributed by atoms with Gasteiger partial charge < -0.3 is 4.57 Å². The van der Waals surface area contributed by atoms with Crippen molar-refractivity contribution < 1.29 is 0 Å². The maximum Gasteiger partial charge on any atom is 0.180 e. The topological polar surface area (TPSA) is 43.6 Å². The van der Waals surface area contributed by atoms with Gasteiger partial charge in [-0.05, 0) is 113 Å². The molecule has 0 saturated heterocycles. The van der Waals surface area contributed by atoms with E-state index in [0.29, 0.717) is 17.5 Å². The zero-order valence-electron chi connectivity index (χ0n) is 43.7. The molecule has 0 unspecified atom stereocenters. The Morgan fingerprint density at radius 2 is 0.600 bits per heavy atom. The van der Waals surface area contributed by atoms with Gasteiger partial charge in [-0.2, -0.15) is 0 Å². The Balaban J connectivity index is 0.945. The Hall–Kier alpha value is -10.3. The molecule has 4 nitrogen and oxygen atoms in total. The largest absolute Gasteiger partial charge is 0.309 e. The van der Waals surface area contributed by atoms with E-state index in [1.165, 1.54) is 92.6 Å². The summed E-state index contributed by atoms with van der Waals surface area (Å²) in [5, 5.41) is 7.81. The van der Waals surface area contributed by atoms with Crippen LogP contribution in [0.3, 0.4) is 0 Å². The predicted molar refractivity (Wildman–Crippen MR) is 335 cm³/mol. The average molecular weight is 1040 g/mol. The van der Waals surface area contributed by atoms with Crippen LogP contribution in [0.25, 0.3) is 117 Å².